The first kappa shape index (κ1) is 12.1. The van der Waals surface area contributed by atoms with Crippen molar-refractivity contribution in [3.05, 3.63) is 29.8 Å². The SMILES string of the molecule is CCCCOB(O)Oc1ccc(C)cc1. The molecule has 0 aliphatic rings. The summed E-state index contributed by atoms with van der Waals surface area (Å²) in [6, 6.07) is 7.46. The molecule has 1 N–H and O–H groups in total. The first-order valence-electron chi connectivity index (χ1n) is 5.25. The molecule has 15 heavy (non-hydrogen) atoms. The molecule has 0 unspecified atom stereocenters. The van der Waals surface area contributed by atoms with Crippen LogP contribution in [0.1, 0.15) is 25.3 Å². The molecule has 82 valence electrons. The summed E-state index contributed by atoms with van der Waals surface area (Å²) in [5.41, 5.74) is 1.16. The van der Waals surface area contributed by atoms with Crippen LogP contribution >= 0.6 is 0 Å². The molecule has 0 aliphatic heterocycles. The van der Waals surface area contributed by atoms with Crippen LogP contribution in [0.3, 0.4) is 0 Å². The molecular weight excluding hydrogens is 191 g/mol. The third kappa shape index (κ3) is 4.86. The van der Waals surface area contributed by atoms with Crippen molar-refractivity contribution in [3.8, 4) is 5.75 Å². The Bertz CT molecular complexity index is 274. The summed E-state index contributed by atoms with van der Waals surface area (Å²) in [4.78, 5) is 0. The molecule has 3 nitrogen and oxygen atoms in total. The van der Waals surface area contributed by atoms with Crippen LogP contribution in [-0.4, -0.2) is 19.0 Å². The molecule has 0 heterocycles. The zero-order valence-corrected chi connectivity index (χ0v) is 9.27. The molecule has 0 amide bonds. The average molecular weight is 208 g/mol. The Morgan fingerprint density at radius 3 is 2.53 bits per heavy atom. The maximum atomic E-state index is 9.35. The average Bonchev–Trinajstić information content (AvgIpc) is 2.22. The number of hydrogen-bond donors (Lipinski definition) is 1. The van der Waals surface area contributed by atoms with Gasteiger partial charge in [-0.15, -0.1) is 0 Å². The molecule has 0 saturated heterocycles. The van der Waals surface area contributed by atoms with Gasteiger partial charge >= 0.3 is 7.32 Å². The molecule has 1 aromatic carbocycles. The number of benzene rings is 1. The van der Waals surface area contributed by atoms with Crippen molar-refractivity contribution in [2.75, 3.05) is 6.61 Å². The zero-order chi connectivity index (χ0) is 11.1. The molecule has 0 spiro atoms. The van der Waals surface area contributed by atoms with E-state index in [0.29, 0.717) is 12.4 Å². The van der Waals surface area contributed by atoms with E-state index in [1.165, 1.54) is 0 Å². The van der Waals surface area contributed by atoms with E-state index >= 15 is 0 Å². The van der Waals surface area contributed by atoms with Gasteiger partial charge in [0.2, 0.25) is 0 Å². The summed E-state index contributed by atoms with van der Waals surface area (Å²) >= 11 is 0. The smallest absolute Gasteiger partial charge is 0.512 e. The fourth-order valence-corrected chi connectivity index (χ4v) is 1.10. The maximum absolute atomic E-state index is 9.35. The molecule has 1 rings (SSSR count). The first-order valence-corrected chi connectivity index (χ1v) is 5.25. The van der Waals surface area contributed by atoms with Gasteiger partial charge in [-0.3, -0.25) is 0 Å². The molecule has 0 aromatic heterocycles. The van der Waals surface area contributed by atoms with Crippen molar-refractivity contribution in [1.29, 1.82) is 0 Å². The highest BCUT2D eigenvalue weighted by molar-refractivity contribution is 6.35. The van der Waals surface area contributed by atoms with Crippen molar-refractivity contribution in [1.82, 2.24) is 0 Å². The third-order valence-corrected chi connectivity index (χ3v) is 2.02. The van der Waals surface area contributed by atoms with Crippen LogP contribution in [0.5, 0.6) is 5.75 Å². The van der Waals surface area contributed by atoms with E-state index in [1.54, 1.807) is 0 Å². The monoisotopic (exact) mass is 208 g/mol. The standard InChI is InChI=1S/C11H17BO3/c1-3-4-9-14-12(13)15-11-7-5-10(2)6-8-11/h5-8,13H,3-4,9H2,1-2H3. The summed E-state index contributed by atoms with van der Waals surface area (Å²) in [5, 5.41) is 9.35. The predicted molar refractivity (Wildman–Crippen MR) is 60.6 cm³/mol. The van der Waals surface area contributed by atoms with Gasteiger partial charge in [0.15, 0.2) is 0 Å². The molecule has 0 bridgehead atoms. The Morgan fingerprint density at radius 1 is 1.27 bits per heavy atom. The maximum Gasteiger partial charge on any atom is 0.710 e. The van der Waals surface area contributed by atoms with Gasteiger partial charge in [0, 0.05) is 6.61 Å². The van der Waals surface area contributed by atoms with Crippen LogP contribution in [-0.2, 0) is 4.65 Å². The lowest BCUT2D eigenvalue weighted by Gasteiger charge is -2.09. The highest BCUT2D eigenvalue weighted by atomic mass is 16.7. The van der Waals surface area contributed by atoms with Gasteiger partial charge in [-0.2, -0.15) is 0 Å². The molecule has 0 fully saturated rings. The van der Waals surface area contributed by atoms with E-state index < -0.39 is 7.32 Å². The molecule has 1 aromatic rings. The van der Waals surface area contributed by atoms with Crippen molar-refractivity contribution < 1.29 is 14.3 Å². The van der Waals surface area contributed by atoms with E-state index in [2.05, 4.69) is 6.92 Å². The van der Waals surface area contributed by atoms with Gasteiger partial charge in [0.05, 0.1) is 0 Å². The number of unbranched alkanes of at least 4 members (excludes halogenated alkanes) is 1. The second-order valence-corrected chi connectivity index (χ2v) is 3.46. The van der Waals surface area contributed by atoms with Crippen LogP contribution in [0, 0.1) is 6.92 Å². The van der Waals surface area contributed by atoms with Crippen molar-refractivity contribution in [2.24, 2.45) is 0 Å². The van der Waals surface area contributed by atoms with Crippen LogP contribution in [0.2, 0.25) is 0 Å². The minimum absolute atomic E-state index is 0.517. The topological polar surface area (TPSA) is 38.7 Å². The van der Waals surface area contributed by atoms with Crippen LogP contribution in [0.4, 0.5) is 0 Å². The van der Waals surface area contributed by atoms with E-state index in [9.17, 15) is 5.02 Å². The zero-order valence-electron chi connectivity index (χ0n) is 9.27. The summed E-state index contributed by atoms with van der Waals surface area (Å²) < 4.78 is 10.2. The summed E-state index contributed by atoms with van der Waals surface area (Å²) in [6.07, 6.45) is 1.96. The van der Waals surface area contributed by atoms with E-state index in [1.807, 2.05) is 31.2 Å². The molecule has 0 radical (unpaired) electrons. The van der Waals surface area contributed by atoms with Gasteiger partial charge < -0.3 is 14.3 Å². The van der Waals surface area contributed by atoms with Crippen molar-refractivity contribution >= 4 is 7.32 Å². The fraction of sp³-hybridized carbons (Fsp3) is 0.455. The first-order chi connectivity index (χ1) is 7.22. The summed E-state index contributed by atoms with van der Waals surface area (Å²) in [7, 11) is -1.17. The lowest BCUT2D eigenvalue weighted by atomic mass is 10.2. The number of hydrogen-bond acceptors (Lipinski definition) is 3. The number of aryl methyl sites for hydroxylation is 1. The Morgan fingerprint density at radius 2 is 1.93 bits per heavy atom. The second kappa shape index (κ2) is 6.48. The van der Waals surface area contributed by atoms with Gasteiger partial charge in [-0.1, -0.05) is 31.0 Å². The molecular formula is C11H17BO3. The molecule has 0 aliphatic carbocycles. The Kier molecular flexibility index (Phi) is 5.22. The van der Waals surface area contributed by atoms with Crippen LogP contribution in [0.15, 0.2) is 24.3 Å². The normalized spacial score (nSPS) is 10.1. The van der Waals surface area contributed by atoms with Gasteiger partial charge in [0.1, 0.15) is 5.75 Å². The van der Waals surface area contributed by atoms with Gasteiger partial charge in [-0.05, 0) is 25.5 Å². The van der Waals surface area contributed by atoms with E-state index in [-0.39, 0.29) is 0 Å². The highest BCUT2D eigenvalue weighted by Crippen LogP contribution is 2.12. The van der Waals surface area contributed by atoms with Crippen molar-refractivity contribution in [3.63, 3.8) is 0 Å². The molecule has 0 atom stereocenters. The quantitative estimate of drug-likeness (QED) is 0.575. The van der Waals surface area contributed by atoms with Gasteiger partial charge in [-0.25, -0.2) is 0 Å². The minimum atomic E-state index is -1.17. The minimum Gasteiger partial charge on any atom is -0.512 e. The van der Waals surface area contributed by atoms with Crippen LogP contribution in [0.25, 0.3) is 0 Å². The lowest BCUT2D eigenvalue weighted by molar-refractivity contribution is 0.190. The van der Waals surface area contributed by atoms with Crippen LogP contribution < -0.4 is 4.65 Å². The third-order valence-electron chi connectivity index (χ3n) is 2.02. The highest BCUT2D eigenvalue weighted by Gasteiger charge is 2.17. The largest absolute Gasteiger partial charge is 0.710 e. The predicted octanol–water partition coefficient (Wildman–Crippen LogP) is 2.17. The lowest BCUT2D eigenvalue weighted by Crippen LogP contribution is -2.26. The Labute approximate surface area is 91.2 Å². The summed E-state index contributed by atoms with van der Waals surface area (Å²) in [5.74, 6) is 0.615. The molecule has 4 heteroatoms. The molecule has 0 saturated carbocycles. The van der Waals surface area contributed by atoms with E-state index in [0.717, 1.165) is 18.4 Å². The Hall–Kier alpha value is -0.995. The summed E-state index contributed by atoms with van der Waals surface area (Å²) in [6.45, 7) is 4.58. The van der Waals surface area contributed by atoms with Crippen molar-refractivity contribution in [2.45, 2.75) is 26.7 Å². The fourth-order valence-electron chi connectivity index (χ4n) is 1.10. The second-order valence-electron chi connectivity index (χ2n) is 3.46. The van der Waals surface area contributed by atoms with E-state index in [4.69, 9.17) is 9.31 Å². The van der Waals surface area contributed by atoms with Gasteiger partial charge in [0.25, 0.3) is 0 Å². The Balaban J connectivity index is 2.31. The number of rotatable bonds is 6.